The van der Waals surface area contributed by atoms with Crippen LogP contribution < -0.4 is 69.7 Å². The van der Waals surface area contributed by atoms with Crippen molar-refractivity contribution in [1.29, 1.82) is 0 Å². The second kappa shape index (κ2) is 9.66. The fraction of sp³-hybridized carbons (Fsp3) is 0.667. The number of amides is 3. The SMILES string of the molecule is O=C([O-])CONC(=O)[C@@H]1CC[C@@H]2CN1C(=O)N2OS(=O)(=O)[O-].[Na+].[Na+]. The molecule has 2 saturated heterocycles. The molecule has 15 heteroatoms. The molecule has 0 unspecified atom stereocenters. The molecule has 0 saturated carbocycles. The van der Waals surface area contributed by atoms with Crippen molar-refractivity contribution in [1.82, 2.24) is 15.4 Å². The maximum atomic E-state index is 12.0. The van der Waals surface area contributed by atoms with Crippen molar-refractivity contribution in [2.24, 2.45) is 0 Å². The van der Waals surface area contributed by atoms with E-state index in [9.17, 15) is 32.5 Å². The van der Waals surface area contributed by atoms with Gasteiger partial charge in [0.1, 0.15) is 12.6 Å². The molecule has 2 heterocycles. The molecule has 2 rings (SSSR count). The van der Waals surface area contributed by atoms with Gasteiger partial charge in [0.25, 0.3) is 5.91 Å². The van der Waals surface area contributed by atoms with Crippen molar-refractivity contribution in [3.63, 3.8) is 0 Å². The molecule has 0 spiro atoms. The fourth-order valence-corrected chi connectivity index (χ4v) is 2.72. The van der Waals surface area contributed by atoms with Crippen LogP contribution in [-0.4, -0.2) is 66.1 Å². The summed E-state index contributed by atoms with van der Waals surface area (Å²) < 4.78 is 35.8. The van der Waals surface area contributed by atoms with E-state index in [0.29, 0.717) is 5.06 Å². The number of hydrogen-bond acceptors (Lipinski definition) is 9. The summed E-state index contributed by atoms with van der Waals surface area (Å²) in [6.45, 7) is -0.869. The summed E-state index contributed by atoms with van der Waals surface area (Å²) in [5, 5.41) is 10.6. The molecule has 0 aromatic rings. The number of aliphatic carboxylic acids is 1. The van der Waals surface area contributed by atoms with Gasteiger partial charge in [0.15, 0.2) is 0 Å². The van der Waals surface area contributed by atoms with E-state index in [1.807, 2.05) is 5.48 Å². The van der Waals surface area contributed by atoms with Crippen LogP contribution in [0.1, 0.15) is 12.8 Å². The molecular weight excluding hydrogens is 372 g/mol. The van der Waals surface area contributed by atoms with Gasteiger partial charge in [-0.15, -0.1) is 0 Å². The van der Waals surface area contributed by atoms with Crippen LogP contribution in [0, 0.1) is 0 Å². The molecule has 2 atom stereocenters. The van der Waals surface area contributed by atoms with E-state index in [0.717, 1.165) is 4.90 Å². The Labute approximate surface area is 181 Å². The summed E-state index contributed by atoms with van der Waals surface area (Å²) in [6, 6.07) is -2.60. The first-order valence-corrected chi connectivity index (χ1v) is 7.39. The number of carbonyl (C=O) groups is 3. The van der Waals surface area contributed by atoms with Gasteiger partial charge in [0.05, 0.1) is 12.0 Å². The number of hydroxylamine groups is 3. The van der Waals surface area contributed by atoms with E-state index in [2.05, 4.69) is 9.12 Å². The standard InChI is InChI=1S/C9H13N3O9S.2Na/c13-7(14)4-20-10-8(15)6-2-1-5-3-11(6)9(16)12(5)21-22(17,18)19;;/h5-6H,1-4H2,(H,10,15)(H,13,14)(H,17,18,19);;/q;2*+1/p-2/t5-,6+;;/m1../s1. The molecule has 3 amide bonds. The Morgan fingerprint density at radius 2 is 1.92 bits per heavy atom. The zero-order chi connectivity index (χ0) is 16.5. The number of urea groups is 1. The molecule has 2 fully saturated rings. The van der Waals surface area contributed by atoms with Gasteiger partial charge < -0.3 is 19.4 Å². The van der Waals surface area contributed by atoms with Crippen LogP contribution in [0.4, 0.5) is 4.79 Å². The van der Waals surface area contributed by atoms with Gasteiger partial charge in [-0.2, -0.15) is 9.35 Å². The Kier molecular flexibility index (Phi) is 9.67. The number of piperidine rings is 1. The van der Waals surface area contributed by atoms with Crippen molar-refractivity contribution < 1.29 is 101 Å². The Balaban J connectivity index is 0.00000264. The maximum absolute atomic E-state index is 12.0. The smallest absolute Gasteiger partial charge is 0.724 e. The van der Waals surface area contributed by atoms with E-state index >= 15 is 0 Å². The third kappa shape index (κ3) is 6.09. The van der Waals surface area contributed by atoms with Crippen LogP contribution >= 0.6 is 0 Å². The summed E-state index contributed by atoms with van der Waals surface area (Å²) in [6.07, 6.45) is 0.381. The summed E-state index contributed by atoms with van der Waals surface area (Å²) >= 11 is 0. The number of hydrogen-bond donors (Lipinski definition) is 1. The third-order valence-corrected chi connectivity index (χ3v) is 3.50. The van der Waals surface area contributed by atoms with Crippen molar-refractivity contribution >= 4 is 28.3 Å². The molecule has 2 bridgehead atoms. The van der Waals surface area contributed by atoms with Crippen molar-refractivity contribution in [3.8, 4) is 0 Å². The molecule has 0 radical (unpaired) electrons. The summed E-state index contributed by atoms with van der Waals surface area (Å²) in [5.74, 6) is -2.32. The molecule has 0 aromatic heterocycles. The molecule has 0 aliphatic carbocycles. The number of nitrogens with one attached hydrogen (secondary N) is 1. The minimum absolute atomic E-state index is 0. The molecule has 2 aliphatic heterocycles. The van der Waals surface area contributed by atoms with Crippen LogP contribution in [0.15, 0.2) is 0 Å². The van der Waals surface area contributed by atoms with Crippen molar-refractivity contribution in [2.45, 2.75) is 24.9 Å². The molecule has 24 heavy (non-hydrogen) atoms. The zero-order valence-electron chi connectivity index (χ0n) is 13.0. The minimum atomic E-state index is -5.11. The average Bonchev–Trinajstić information content (AvgIpc) is 2.62. The van der Waals surface area contributed by atoms with Gasteiger partial charge in [-0.1, -0.05) is 0 Å². The average molecular weight is 383 g/mol. The first-order chi connectivity index (χ1) is 10.2. The molecule has 1 N–H and O–H groups in total. The number of carboxylic acid groups (broad SMARTS) is 1. The Bertz CT molecular complexity index is 601. The molecule has 0 aromatic carbocycles. The minimum Gasteiger partial charge on any atom is -0.724 e. The first-order valence-electron chi connectivity index (χ1n) is 6.06. The van der Waals surface area contributed by atoms with Gasteiger partial charge in [-0.25, -0.2) is 18.7 Å². The first kappa shape index (κ1) is 24.0. The van der Waals surface area contributed by atoms with Gasteiger partial charge >= 0.3 is 65.1 Å². The molecule has 12 nitrogen and oxygen atoms in total. The van der Waals surface area contributed by atoms with Crippen molar-refractivity contribution in [2.75, 3.05) is 13.2 Å². The molecule has 124 valence electrons. The Morgan fingerprint density at radius 3 is 2.46 bits per heavy atom. The van der Waals surface area contributed by atoms with E-state index in [1.165, 1.54) is 0 Å². The van der Waals surface area contributed by atoms with Gasteiger partial charge in [0, 0.05) is 6.54 Å². The van der Waals surface area contributed by atoms with Crippen LogP contribution in [0.2, 0.25) is 0 Å². The zero-order valence-corrected chi connectivity index (χ0v) is 17.8. The maximum Gasteiger partial charge on any atom is 1.00 e. The quantitative estimate of drug-likeness (QED) is 0.203. The van der Waals surface area contributed by atoms with Gasteiger partial charge in [-0.3, -0.25) is 9.63 Å². The van der Waals surface area contributed by atoms with Crippen LogP contribution in [0.5, 0.6) is 0 Å². The van der Waals surface area contributed by atoms with Crippen LogP contribution in [-0.2, 0) is 29.1 Å². The number of rotatable bonds is 6. The fourth-order valence-electron chi connectivity index (χ4n) is 2.34. The third-order valence-electron chi connectivity index (χ3n) is 3.16. The molecule has 2 aliphatic rings. The summed E-state index contributed by atoms with van der Waals surface area (Å²) in [7, 11) is -5.11. The monoisotopic (exact) mass is 383 g/mol. The van der Waals surface area contributed by atoms with E-state index in [1.54, 1.807) is 0 Å². The van der Waals surface area contributed by atoms with Crippen LogP contribution in [0.25, 0.3) is 0 Å². The Hall–Kier alpha value is 0.0400. The second-order valence-electron chi connectivity index (χ2n) is 4.62. The van der Waals surface area contributed by atoms with Crippen molar-refractivity contribution in [3.05, 3.63) is 0 Å². The van der Waals surface area contributed by atoms with E-state index < -0.39 is 47.0 Å². The topological polar surface area (TPSA) is 168 Å². The van der Waals surface area contributed by atoms with E-state index in [-0.39, 0.29) is 78.5 Å². The number of nitrogens with zero attached hydrogens (tertiary/aromatic N) is 2. The Morgan fingerprint density at radius 1 is 1.29 bits per heavy atom. The number of fused-ring (bicyclic) bond motifs is 2. The van der Waals surface area contributed by atoms with Crippen LogP contribution in [0.3, 0.4) is 0 Å². The summed E-state index contributed by atoms with van der Waals surface area (Å²) in [5.41, 5.74) is 1.86. The normalized spacial score (nSPS) is 22.5. The summed E-state index contributed by atoms with van der Waals surface area (Å²) in [4.78, 5) is 39.3. The molecular formula is C9H11N3Na2O9S. The predicted octanol–water partition coefficient (Wildman–Crippen LogP) is -9.55. The van der Waals surface area contributed by atoms with Gasteiger partial charge in [0.2, 0.25) is 10.4 Å². The van der Waals surface area contributed by atoms with Gasteiger partial charge in [-0.05, 0) is 12.8 Å². The second-order valence-corrected chi connectivity index (χ2v) is 5.58. The predicted molar refractivity (Wildman–Crippen MR) is 60.6 cm³/mol. The van der Waals surface area contributed by atoms with E-state index in [4.69, 9.17) is 0 Å². The number of carbonyl (C=O) groups excluding carboxylic acids is 3. The largest absolute Gasteiger partial charge is 1.00 e. The number of carboxylic acids is 1.